The van der Waals surface area contributed by atoms with Gasteiger partial charge in [0, 0.05) is 5.56 Å². The van der Waals surface area contributed by atoms with E-state index in [1.165, 1.54) is 5.56 Å². The highest BCUT2D eigenvalue weighted by Gasteiger charge is 2.16. The summed E-state index contributed by atoms with van der Waals surface area (Å²) < 4.78 is 5.75. The van der Waals surface area contributed by atoms with Gasteiger partial charge in [-0.2, -0.15) is 0 Å². The second-order valence-electron chi connectivity index (χ2n) is 5.63. The maximum atomic E-state index is 11.4. The van der Waals surface area contributed by atoms with E-state index in [0.29, 0.717) is 23.9 Å². The summed E-state index contributed by atoms with van der Waals surface area (Å²) in [4.78, 5) is 11.4. The first-order valence-corrected chi connectivity index (χ1v) is 7.53. The summed E-state index contributed by atoms with van der Waals surface area (Å²) >= 11 is 0. The van der Waals surface area contributed by atoms with Gasteiger partial charge in [-0.05, 0) is 30.7 Å². The predicted molar refractivity (Wildman–Crippen MR) is 89.5 cm³/mol. The maximum absolute atomic E-state index is 11.4. The number of hydrogen-bond acceptors (Lipinski definition) is 5. The number of carbonyl (C=O) groups excluding carboxylic acids is 1. The number of nitrogens with one attached hydrogen (secondary N) is 3. The van der Waals surface area contributed by atoms with E-state index < -0.39 is 0 Å². The quantitative estimate of drug-likeness (QED) is 0.689. The van der Waals surface area contributed by atoms with Crippen LogP contribution in [0.2, 0.25) is 0 Å². The van der Waals surface area contributed by atoms with Gasteiger partial charge in [-0.3, -0.25) is 10.9 Å². The molecule has 1 aliphatic heterocycles. The Morgan fingerprint density at radius 3 is 2.67 bits per heavy atom. The predicted octanol–water partition coefficient (Wildman–Crippen LogP) is 3.10. The van der Waals surface area contributed by atoms with Gasteiger partial charge in [0.05, 0.1) is 17.8 Å². The first kappa shape index (κ1) is 14.3. The molecule has 0 spiro atoms. The Morgan fingerprint density at radius 1 is 1.00 bits per heavy atom. The standard InChI is InChI=1S/C17H15N5O2/c1-10-2-4-11(5-3-10)8-15-20-21-16(24-15)12-6-7-13-14(9-12)18-17(23)22-19-13/h2-7,9,19H,8H2,1H3,(H2,18,22,23). The van der Waals surface area contributed by atoms with Crippen molar-refractivity contribution in [3.05, 3.63) is 59.5 Å². The molecule has 0 radical (unpaired) electrons. The number of aryl methyl sites for hydroxylation is 1. The SMILES string of the molecule is Cc1ccc(Cc2nnc(-c3ccc4c(c3)NC(=O)NN4)o2)cc1. The molecule has 1 aliphatic rings. The minimum Gasteiger partial charge on any atom is -0.420 e. The zero-order valence-electron chi connectivity index (χ0n) is 13.0. The molecule has 0 aliphatic carbocycles. The lowest BCUT2D eigenvalue weighted by Gasteiger charge is -2.19. The molecule has 0 atom stereocenters. The van der Waals surface area contributed by atoms with Gasteiger partial charge in [-0.25, -0.2) is 4.79 Å². The summed E-state index contributed by atoms with van der Waals surface area (Å²) in [6.45, 7) is 2.05. The normalized spacial score (nSPS) is 12.8. The van der Waals surface area contributed by atoms with E-state index in [1.54, 1.807) is 6.07 Å². The number of carbonyl (C=O) groups is 1. The van der Waals surface area contributed by atoms with Crippen molar-refractivity contribution in [1.29, 1.82) is 0 Å². The van der Waals surface area contributed by atoms with Gasteiger partial charge in [0.2, 0.25) is 11.8 Å². The fourth-order valence-corrected chi connectivity index (χ4v) is 2.49. The van der Waals surface area contributed by atoms with Crippen LogP contribution in [0.15, 0.2) is 46.9 Å². The monoisotopic (exact) mass is 321 g/mol. The van der Waals surface area contributed by atoms with Crippen molar-refractivity contribution in [2.24, 2.45) is 0 Å². The summed E-state index contributed by atoms with van der Waals surface area (Å²) in [6, 6.07) is 13.4. The average molecular weight is 321 g/mol. The number of rotatable bonds is 3. The number of nitrogens with zero attached hydrogens (tertiary/aromatic N) is 2. The first-order chi connectivity index (χ1) is 11.7. The van der Waals surface area contributed by atoms with Crippen LogP contribution in [0, 0.1) is 6.92 Å². The van der Waals surface area contributed by atoms with Crippen molar-refractivity contribution < 1.29 is 9.21 Å². The number of anilines is 2. The van der Waals surface area contributed by atoms with Gasteiger partial charge in [0.1, 0.15) is 0 Å². The van der Waals surface area contributed by atoms with Crippen LogP contribution >= 0.6 is 0 Å². The molecule has 7 heteroatoms. The van der Waals surface area contributed by atoms with E-state index >= 15 is 0 Å². The van der Waals surface area contributed by atoms with Crippen LogP contribution in [0.4, 0.5) is 16.2 Å². The van der Waals surface area contributed by atoms with E-state index in [1.807, 2.05) is 31.2 Å². The molecule has 0 saturated heterocycles. The van der Waals surface area contributed by atoms with Crippen LogP contribution in [0.25, 0.3) is 11.5 Å². The Hall–Kier alpha value is -3.35. The molecule has 3 aromatic rings. The van der Waals surface area contributed by atoms with Crippen LogP contribution in [0.3, 0.4) is 0 Å². The average Bonchev–Trinajstić information content (AvgIpc) is 3.05. The Bertz CT molecular complexity index is 902. The molecular weight excluding hydrogens is 306 g/mol. The Kier molecular flexibility index (Phi) is 3.38. The summed E-state index contributed by atoms with van der Waals surface area (Å²) in [5, 5.41) is 10.9. The Labute approximate surface area is 138 Å². The summed E-state index contributed by atoms with van der Waals surface area (Å²) in [7, 11) is 0. The van der Waals surface area contributed by atoms with Crippen LogP contribution in [-0.4, -0.2) is 16.2 Å². The lowest BCUT2D eigenvalue weighted by Crippen LogP contribution is -2.38. The third-order valence-corrected chi connectivity index (χ3v) is 3.77. The van der Waals surface area contributed by atoms with Gasteiger partial charge >= 0.3 is 6.03 Å². The number of hydrogen-bond donors (Lipinski definition) is 3. The number of hydrazine groups is 1. The zero-order valence-corrected chi connectivity index (χ0v) is 13.0. The second-order valence-corrected chi connectivity index (χ2v) is 5.63. The minimum atomic E-state index is -0.315. The van der Waals surface area contributed by atoms with Crippen molar-refractivity contribution in [3.8, 4) is 11.5 Å². The molecule has 0 bridgehead atoms. The summed E-state index contributed by atoms with van der Waals surface area (Å²) in [5.41, 5.74) is 9.80. The maximum Gasteiger partial charge on any atom is 0.337 e. The number of urea groups is 1. The van der Waals surface area contributed by atoms with E-state index in [0.717, 1.165) is 16.8 Å². The molecule has 4 rings (SSSR count). The molecule has 0 saturated carbocycles. The van der Waals surface area contributed by atoms with Gasteiger partial charge in [0.25, 0.3) is 0 Å². The van der Waals surface area contributed by atoms with Crippen molar-refractivity contribution in [2.75, 3.05) is 10.7 Å². The molecule has 2 amide bonds. The van der Waals surface area contributed by atoms with Crippen molar-refractivity contribution in [2.45, 2.75) is 13.3 Å². The lowest BCUT2D eigenvalue weighted by molar-refractivity contribution is 0.253. The van der Waals surface area contributed by atoms with Crippen molar-refractivity contribution in [1.82, 2.24) is 15.6 Å². The number of fused-ring (bicyclic) bond motifs is 1. The highest BCUT2D eigenvalue weighted by atomic mass is 16.4. The van der Waals surface area contributed by atoms with Crippen LogP contribution in [0.1, 0.15) is 17.0 Å². The largest absolute Gasteiger partial charge is 0.420 e. The molecule has 3 N–H and O–H groups in total. The number of benzene rings is 2. The molecule has 0 fully saturated rings. The number of aromatic nitrogens is 2. The van der Waals surface area contributed by atoms with E-state index in [9.17, 15) is 4.79 Å². The molecule has 2 heterocycles. The molecular formula is C17H15N5O2. The van der Waals surface area contributed by atoms with Crippen LogP contribution < -0.4 is 16.2 Å². The van der Waals surface area contributed by atoms with Gasteiger partial charge < -0.3 is 9.73 Å². The van der Waals surface area contributed by atoms with E-state index in [2.05, 4.69) is 38.5 Å². The van der Waals surface area contributed by atoms with Crippen LogP contribution in [-0.2, 0) is 6.42 Å². The first-order valence-electron chi connectivity index (χ1n) is 7.53. The van der Waals surface area contributed by atoms with E-state index in [-0.39, 0.29) is 6.03 Å². The fourth-order valence-electron chi connectivity index (χ4n) is 2.49. The summed E-state index contributed by atoms with van der Waals surface area (Å²) in [5.74, 6) is 0.975. The van der Waals surface area contributed by atoms with Crippen LogP contribution in [0.5, 0.6) is 0 Å². The highest BCUT2D eigenvalue weighted by molar-refractivity contribution is 5.98. The molecule has 24 heavy (non-hydrogen) atoms. The zero-order chi connectivity index (χ0) is 16.5. The molecule has 2 aromatic carbocycles. The Morgan fingerprint density at radius 2 is 1.83 bits per heavy atom. The van der Waals surface area contributed by atoms with Crippen molar-refractivity contribution >= 4 is 17.4 Å². The third kappa shape index (κ3) is 2.79. The smallest absolute Gasteiger partial charge is 0.337 e. The third-order valence-electron chi connectivity index (χ3n) is 3.77. The topological polar surface area (TPSA) is 92.1 Å². The van der Waals surface area contributed by atoms with Crippen molar-refractivity contribution in [3.63, 3.8) is 0 Å². The van der Waals surface area contributed by atoms with Gasteiger partial charge in [-0.1, -0.05) is 29.8 Å². The lowest BCUT2D eigenvalue weighted by atomic mass is 10.1. The second kappa shape index (κ2) is 5.69. The molecule has 0 unspecified atom stereocenters. The van der Waals surface area contributed by atoms with Gasteiger partial charge in [0.15, 0.2) is 0 Å². The highest BCUT2D eigenvalue weighted by Crippen LogP contribution is 2.29. The van der Waals surface area contributed by atoms with Gasteiger partial charge in [-0.15, -0.1) is 10.2 Å². The molecule has 1 aromatic heterocycles. The molecule has 7 nitrogen and oxygen atoms in total. The summed E-state index contributed by atoms with van der Waals surface area (Å²) in [6.07, 6.45) is 0.584. The number of amides is 2. The van der Waals surface area contributed by atoms with E-state index in [4.69, 9.17) is 4.42 Å². The Balaban J connectivity index is 1.57. The minimum absolute atomic E-state index is 0.315. The molecule has 120 valence electrons. The fraction of sp³-hybridized carbons (Fsp3) is 0.118.